The third kappa shape index (κ3) is 6.14. The molecule has 4 heteroatoms. The summed E-state index contributed by atoms with van der Waals surface area (Å²) in [6, 6.07) is 16.0. The molecule has 0 radical (unpaired) electrons. The van der Waals surface area contributed by atoms with Crippen LogP contribution in [0.5, 0.6) is 11.5 Å². The van der Waals surface area contributed by atoms with Crippen LogP contribution in [0.15, 0.2) is 48.5 Å². The normalized spacial score (nSPS) is 10.6. The smallest absolute Gasteiger partial charge is 0.220 e. The molecule has 0 unspecified atom stereocenters. The highest BCUT2D eigenvalue weighted by atomic mass is 16.5. The van der Waals surface area contributed by atoms with Crippen molar-refractivity contribution in [3.05, 3.63) is 59.7 Å². The van der Waals surface area contributed by atoms with Crippen molar-refractivity contribution >= 4 is 5.91 Å². The third-order valence-electron chi connectivity index (χ3n) is 4.04. The Labute approximate surface area is 150 Å². The number of ether oxygens (including phenoxy) is 2. The van der Waals surface area contributed by atoms with Gasteiger partial charge in [-0.3, -0.25) is 4.79 Å². The van der Waals surface area contributed by atoms with E-state index in [-0.39, 0.29) is 5.91 Å². The largest absolute Gasteiger partial charge is 0.493 e. The van der Waals surface area contributed by atoms with Crippen molar-refractivity contribution in [2.75, 3.05) is 20.3 Å². The number of methoxy groups -OCH3 is 1. The van der Waals surface area contributed by atoms with Crippen LogP contribution in [0, 0.1) is 0 Å². The van der Waals surface area contributed by atoms with E-state index in [2.05, 4.69) is 43.4 Å². The van der Waals surface area contributed by atoms with Crippen LogP contribution >= 0.6 is 0 Å². The number of para-hydroxylation sites is 2. The van der Waals surface area contributed by atoms with Crippen molar-refractivity contribution in [1.82, 2.24) is 5.32 Å². The summed E-state index contributed by atoms with van der Waals surface area (Å²) in [5, 5.41) is 2.89. The SMILES string of the molecule is COc1ccccc1OCCNC(=O)CCc1ccc(C(C)C)cc1. The summed E-state index contributed by atoms with van der Waals surface area (Å²) in [5.41, 5.74) is 2.51. The topological polar surface area (TPSA) is 47.6 Å². The predicted octanol–water partition coefficient (Wildman–Crippen LogP) is 3.95. The van der Waals surface area contributed by atoms with E-state index in [1.54, 1.807) is 7.11 Å². The molecule has 0 aromatic heterocycles. The van der Waals surface area contributed by atoms with Crippen molar-refractivity contribution in [3.63, 3.8) is 0 Å². The van der Waals surface area contributed by atoms with E-state index in [9.17, 15) is 4.79 Å². The Balaban J connectivity index is 1.67. The van der Waals surface area contributed by atoms with Crippen molar-refractivity contribution in [3.8, 4) is 11.5 Å². The maximum Gasteiger partial charge on any atom is 0.220 e. The van der Waals surface area contributed by atoms with E-state index in [4.69, 9.17) is 9.47 Å². The summed E-state index contributed by atoms with van der Waals surface area (Å²) in [6.07, 6.45) is 1.23. The zero-order chi connectivity index (χ0) is 18.1. The second kappa shape index (κ2) is 9.72. The van der Waals surface area contributed by atoms with Crippen LogP contribution in [0.25, 0.3) is 0 Å². The van der Waals surface area contributed by atoms with Gasteiger partial charge in [0.2, 0.25) is 5.91 Å². The first-order valence-electron chi connectivity index (χ1n) is 8.71. The lowest BCUT2D eigenvalue weighted by Gasteiger charge is -2.11. The van der Waals surface area contributed by atoms with Gasteiger partial charge in [0, 0.05) is 6.42 Å². The van der Waals surface area contributed by atoms with Gasteiger partial charge >= 0.3 is 0 Å². The van der Waals surface area contributed by atoms with Crippen molar-refractivity contribution in [2.45, 2.75) is 32.6 Å². The Morgan fingerprint density at radius 3 is 2.36 bits per heavy atom. The number of aryl methyl sites for hydroxylation is 1. The molecule has 0 saturated carbocycles. The third-order valence-corrected chi connectivity index (χ3v) is 4.04. The molecule has 0 bridgehead atoms. The fourth-order valence-electron chi connectivity index (χ4n) is 2.50. The van der Waals surface area contributed by atoms with Gasteiger partial charge in [0.05, 0.1) is 13.7 Å². The number of carbonyl (C=O) groups is 1. The van der Waals surface area contributed by atoms with Crippen LogP contribution in [0.4, 0.5) is 0 Å². The average molecular weight is 341 g/mol. The average Bonchev–Trinajstić information content (AvgIpc) is 2.64. The number of rotatable bonds is 9. The maximum atomic E-state index is 11.9. The number of carbonyl (C=O) groups excluding carboxylic acids is 1. The van der Waals surface area contributed by atoms with Crippen LogP contribution in [0.1, 0.15) is 37.3 Å². The summed E-state index contributed by atoms with van der Waals surface area (Å²) in [4.78, 5) is 11.9. The predicted molar refractivity (Wildman–Crippen MR) is 100 cm³/mol. The minimum atomic E-state index is 0.0385. The number of amides is 1. The van der Waals surface area contributed by atoms with Crippen molar-refractivity contribution in [2.24, 2.45) is 0 Å². The van der Waals surface area contributed by atoms with Crippen molar-refractivity contribution in [1.29, 1.82) is 0 Å². The van der Waals surface area contributed by atoms with Crippen LogP contribution in [0.2, 0.25) is 0 Å². The fraction of sp³-hybridized carbons (Fsp3) is 0.381. The second-order valence-electron chi connectivity index (χ2n) is 6.25. The second-order valence-corrected chi connectivity index (χ2v) is 6.25. The number of nitrogens with one attached hydrogen (secondary N) is 1. The van der Waals surface area contributed by atoms with E-state index in [0.29, 0.717) is 37.0 Å². The summed E-state index contributed by atoms with van der Waals surface area (Å²) in [6.45, 7) is 5.24. The molecule has 0 aliphatic rings. The molecular weight excluding hydrogens is 314 g/mol. The number of hydrogen-bond donors (Lipinski definition) is 1. The zero-order valence-electron chi connectivity index (χ0n) is 15.2. The molecule has 2 rings (SSSR count). The van der Waals surface area contributed by atoms with Crippen LogP contribution in [-0.4, -0.2) is 26.2 Å². The van der Waals surface area contributed by atoms with Crippen LogP contribution in [-0.2, 0) is 11.2 Å². The fourth-order valence-corrected chi connectivity index (χ4v) is 2.50. The van der Waals surface area contributed by atoms with Gasteiger partial charge in [-0.15, -0.1) is 0 Å². The van der Waals surface area contributed by atoms with E-state index >= 15 is 0 Å². The highest BCUT2D eigenvalue weighted by Gasteiger charge is 2.05. The highest BCUT2D eigenvalue weighted by molar-refractivity contribution is 5.76. The first-order chi connectivity index (χ1) is 12.1. The molecule has 0 saturated heterocycles. The molecule has 2 aromatic carbocycles. The standard InChI is InChI=1S/C21H27NO3/c1-16(2)18-11-8-17(9-12-18)10-13-21(23)22-14-15-25-20-7-5-4-6-19(20)24-3/h4-9,11-12,16H,10,13-15H2,1-3H3,(H,22,23). The Morgan fingerprint density at radius 2 is 1.72 bits per heavy atom. The molecule has 0 atom stereocenters. The van der Waals surface area contributed by atoms with Crippen LogP contribution in [0.3, 0.4) is 0 Å². The Hall–Kier alpha value is -2.49. The van der Waals surface area contributed by atoms with Gasteiger partial charge in [0.15, 0.2) is 11.5 Å². The molecular formula is C21H27NO3. The number of hydrogen-bond acceptors (Lipinski definition) is 3. The molecule has 1 N–H and O–H groups in total. The van der Waals surface area contributed by atoms with Gasteiger partial charge in [0.25, 0.3) is 0 Å². The van der Waals surface area contributed by atoms with Gasteiger partial charge in [0.1, 0.15) is 6.61 Å². The van der Waals surface area contributed by atoms with Gasteiger partial charge < -0.3 is 14.8 Å². The lowest BCUT2D eigenvalue weighted by atomic mass is 10.0. The maximum absolute atomic E-state index is 11.9. The quantitative estimate of drug-likeness (QED) is 0.703. The molecule has 0 heterocycles. The molecule has 4 nitrogen and oxygen atoms in total. The van der Waals surface area contributed by atoms with Gasteiger partial charge in [-0.2, -0.15) is 0 Å². The Bertz CT molecular complexity index is 665. The molecule has 1 amide bonds. The zero-order valence-corrected chi connectivity index (χ0v) is 15.2. The minimum Gasteiger partial charge on any atom is -0.493 e. The Kier molecular flexibility index (Phi) is 7.33. The van der Waals surface area contributed by atoms with Gasteiger partial charge in [-0.25, -0.2) is 0 Å². The molecule has 0 fully saturated rings. The monoisotopic (exact) mass is 341 g/mol. The summed E-state index contributed by atoms with van der Waals surface area (Å²) in [5.74, 6) is 1.94. The van der Waals surface area contributed by atoms with Gasteiger partial charge in [-0.05, 0) is 35.6 Å². The first-order valence-corrected chi connectivity index (χ1v) is 8.71. The van der Waals surface area contributed by atoms with Gasteiger partial charge in [-0.1, -0.05) is 50.2 Å². The van der Waals surface area contributed by atoms with Crippen molar-refractivity contribution < 1.29 is 14.3 Å². The lowest BCUT2D eigenvalue weighted by Crippen LogP contribution is -2.28. The van der Waals surface area contributed by atoms with E-state index < -0.39 is 0 Å². The highest BCUT2D eigenvalue weighted by Crippen LogP contribution is 2.25. The summed E-state index contributed by atoms with van der Waals surface area (Å²) >= 11 is 0. The molecule has 0 aliphatic heterocycles. The minimum absolute atomic E-state index is 0.0385. The van der Waals surface area contributed by atoms with E-state index in [0.717, 1.165) is 6.42 Å². The molecule has 25 heavy (non-hydrogen) atoms. The lowest BCUT2D eigenvalue weighted by molar-refractivity contribution is -0.121. The Morgan fingerprint density at radius 1 is 1.04 bits per heavy atom. The van der Waals surface area contributed by atoms with E-state index in [1.807, 2.05) is 24.3 Å². The first kappa shape index (κ1) is 18.8. The molecule has 134 valence electrons. The summed E-state index contributed by atoms with van der Waals surface area (Å²) in [7, 11) is 1.61. The van der Waals surface area contributed by atoms with E-state index in [1.165, 1.54) is 11.1 Å². The molecule has 0 spiro atoms. The molecule has 0 aliphatic carbocycles. The molecule has 2 aromatic rings. The summed E-state index contributed by atoms with van der Waals surface area (Å²) < 4.78 is 10.9. The number of benzene rings is 2. The van der Waals surface area contributed by atoms with Crippen LogP contribution < -0.4 is 14.8 Å².